The summed E-state index contributed by atoms with van der Waals surface area (Å²) >= 11 is 16.9. The van der Waals surface area contributed by atoms with E-state index >= 15 is 0 Å². The Morgan fingerprint density at radius 1 is 1.12 bits per heavy atom. The predicted molar refractivity (Wildman–Crippen MR) is 79.0 cm³/mol. The number of hydrogen-bond acceptors (Lipinski definition) is 2. The van der Waals surface area contributed by atoms with E-state index in [0.29, 0.717) is 0 Å². The zero-order valence-corrected chi connectivity index (χ0v) is 12.8. The van der Waals surface area contributed by atoms with Crippen LogP contribution in [0.4, 0.5) is 0 Å². The molecular weight excluding hydrogens is 341 g/mol. The molecule has 0 atom stereocenters. The second kappa shape index (κ2) is 6.21. The van der Waals surface area contributed by atoms with Gasteiger partial charge in [-0.05, 0) is 35.9 Å². The molecule has 1 aromatic heterocycles. The number of halogens is 3. The third kappa shape index (κ3) is 3.97. The van der Waals surface area contributed by atoms with Crippen LogP contribution in [0.2, 0.25) is 9.36 Å². The molecule has 2 rings (SSSR count). The average molecular weight is 351 g/mol. The number of thiophene rings is 1. The van der Waals surface area contributed by atoms with Gasteiger partial charge in [0.05, 0.1) is 4.34 Å². The molecule has 0 unspecified atom stereocenters. The summed E-state index contributed by atoms with van der Waals surface area (Å²) < 4.78 is 1.89. The molecule has 1 aromatic carbocycles. The fourth-order valence-electron chi connectivity index (χ4n) is 1.45. The highest BCUT2D eigenvalue weighted by molar-refractivity contribution is 9.10. The van der Waals surface area contributed by atoms with Crippen LogP contribution in [0, 0.1) is 0 Å². The molecule has 0 amide bonds. The zero-order valence-electron chi connectivity index (χ0n) is 8.84. The summed E-state index contributed by atoms with van der Waals surface area (Å²) in [4.78, 5) is 1.23. The summed E-state index contributed by atoms with van der Waals surface area (Å²) in [5.41, 5.74) is 1.15. The number of nitrogens with one attached hydrogen (secondary N) is 1. The maximum absolute atomic E-state index is 5.95. The molecule has 0 spiro atoms. The van der Waals surface area contributed by atoms with Crippen molar-refractivity contribution in [3.05, 3.63) is 54.6 Å². The van der Waals surface area contributed by atoms with Crippen LogP contribution in [-0.2, 0) is 13.1 Å². The molecule has 90 valence electrons. The van der Waals surface area contributed by atoms with Crippen molar-refractivity contribution in [2.24, 2.45) is 0 Å². The molecule has 17 heavy (non-hydrogen) atoms. The van der Waals surface area contributed by atoms with Crippen molar-refractivity contribution in [2.45, 2.75) is 13.1 Å². The van der Waals surface area contributed by atoms with E-state index in [1.165, 1.54) is 4.88 Å². The Bertz CT molecular complexity index is 513. The van der Waals surface area contributed by atoms with Crippen LogP contribution in [-0.4, -0.2) is 0 Å². The van der Waals surface area contributed by atoms with Crippen LogP contribution in [0.1, 0.15) is 10.4 Å². The fourth-order valence-corrected chi connectivity index (χ4v) is 3.08. The van der Waals surface area contributed by atoms with Gasteiger partial charge in [-0.2, -0.15) is 0 Å². The molecular formula is C12H10BrCl2NS. The van der Waals surface area contributed by atoms with Crippen molar-refractivity contribution in [3.8, 4) is 0 Å². The zero-order chi connectivity index (χ0) is 12.3. The van der Waals surface area contributed by atoms with Gasteiger partial charge in [-0.3, -0.25) is 0 Å². The van der Waals surface area contributed by atoms with Crippen molar-refractivity contribution in [1.29, 1.82) is 0 Å². The standard InChI is InChI=1S/C12H10BrCl2NS/c13-11-3-1-9(14)5-8(11)6-16-7-10-2-4-12(15)17-10/h1-5,16H,6-7H2. The molecule has 0 saturated carbocycles. The lowest BCUT2D eigenvalue weighted by Crippen LogP contribution is -2.12. The van der Waals surface area contributed by atoms with E-state index in [0.717, 1.165) is 32.5 Å². The fraction of sp³-hybridized carbons (Fsp3) is 0.167. The molecule has 2 aromatic rings. The van der Waals surface area contributed by atoms with Gasteiger partial charge in [-0.15, -0.1) is 11.3 Å². The Labute approximate surface area is 123 Å². The summed E-state index contributed by atoms with van der Waals surface area (Å²) in [6.45, 7) is 1.59. The number of rotatable bonds is 4. The molecule has 1 N–H and O–H groups in total. The lowest BCUT2D eigenvalue weighted by atomic mass is 10.2. The Balaban J connectivity index is 1.91. The maximum Gasteiger partial charge on any atom is 0.0931 e. The second-order valence-electron chi connectivity index (χ2n) is 3.55. The monoisotopic (exact) mass is 349 g/mol. The Morgan fingerprint density at radius 3 is 2.65 bits per heavy atom. The third-order valence-corrected chi connectivity index (χ3v) is 4.49. The molecule has 0 radical (unpaired) electrons. The molecule has 1 nitrogen and oxygen atoms in total. The lowest BCUT2D eigenvalue weighted by molar-refractivity contribution is 0.699. The minimum absolute atomic E-state index is 0.754. The van der Waals surface area contributed by atoms with Crippen molar-refractivity contribution in [1.82, 2.24) is 5.32 Å². The predicted octanol–water partition coefficient (Wildman–Crippen LogP) is 5.11. The normalized spacial score (nSPS) is 10.8. The first kappa shape index (κ1) is 13.4. The quantitative estimate of drug-likeness (QED) is 0.808. The molecule has 5 heteroatoms. The minimum Gasteiger partial charge on any atom is -0.308 e. The first-order valence-corrected chi connectivity index (χ1v) is 7.40. The summed E-state index contributed by atoms with van der Waals surface area (Å²) in [6, 6.07) is 9.74. The van der Waals surface area contributed by atoms with Gasteiger partial charge < -0.3 is 5.32 Å². The van der Waals surface area contributed by atoms with Crippen LogP contribution in [0.25, 0.3) is 0 Å². The van der Waals surface area contributed by atoms with Gasteiger partial charge in [0.15, 0.2) is 0 Å². The summed E-state index contributed by atoms with van der Waals surface area (Å²) in [5.74, 6) is 0. The van der Waals surface area contributed by atoms with Crippen molar-refractivity contribution in [3.63, 3.8) is 0 Å². The molecule has 0 aliphatic rings. The average Bonchev–Trinajstić information content (AvgIpc) is 2.69. The van der Waals surface area contributed by atoms with Gasteiger partial charge in [0, 0.05) is 27.5 Å². The van der Waals surface area contributed by atoms with Crippen LogP contribution < -0.4 is 5.32 Å². The Kier molecular flexibility index (Phi) is 4.88. The summed E-state index contributed by atoms with van der Waals surface area (Å²) in [5, 5.41) is 4.12. The van der Waals surface area contributed by atoms with E-state index in [-0.39, 0.29) is 0 Å². The van der Waals surface area contributed by atoms with Gasteiger partial charge in [-0.1, -0.05) is 39.1 Å². The minimum atomic E-state index is 0.754. The Morgan fingerprint density at radius 2 is 1.94 bits per heavy atom. The topological polar surface area (TPSA) is 12.0 Å². The first-order chi connectivity index (χ1) is 8.15. The van der Waals surface area contributed by atoms with E-state index in [1.54, 1.807) is 11.3 Å². The molecule has 0 aliphatic heterocycles. The molecule has 0 aliphatic carbocycles. The van der Waals surface area contributed by atoms with Crippen molar-refractivity contribution in [2.75, 3.05) is 0 Å². The highest BCUT2D eigenvalue weighted by Crippen LogP contribution is 2.23. The number of benzene rings is 1. The van der Waals surface area contributed by atoms with Crippen LogP contribution in [0.15, 0.2) is 34.8 Å². The highest BCUT2D eigenvalue weighted by atomic mass is 79.9. The molecule has 0 bridgehead atoms. The molecule has 1 heterocycles. The van der Waals surface area contributed by atoms with E-state index in [4.69, 9.17) is 23.2 Å². The van der Waals surface area contributed by atoms with E-state index < -0.39 is 0 Å². The smallest absolute Gasteiger partial charge is 0.0931 e. The van der Waals surface area contributed by atoms with E-state index in [2.05, 4.69) is 21.2 Å². The SMILES string of the molecule is Clc1ccc(Br)c(CNCc2ccc(Cl)s2)c1. The largest absolute Gasteiger partial charge is 0.308 e. The third-order valence-electron chi connectivity index (χ3n) is 2.25. The number of hydrogen-bond donors (Lipinski definition) is 1. The summed E-state index contributed by atoms with van der Waals surface area (Å²) in [6.07, 6.45) is 0. The van der Waals surface area contributed by atoms with Crippen molar-refractivity contribution >= 4 is 50.5 Å². The van der Waals surface area contributed by atoms with Crippen LogP contribution in [0.3, 0.4) is 0 Å². The van der Waals surface area contributed by atoms with Gasteiger partial charge in [0.25, 0.3) is 0 Å². The van der Waals surface area contributed by atoms with Crippen molar-refractivity contribution < 1.29 is 0 Å². The van der Waals surface area contributed by atoms with Crippen LogP contribution >= 0.6 is 50.5 Å². The van der Waals surface area contributed by atoms with E-state index in [1.807, 2.05) is 30.3 Å². The second-order valence-corrected chi connectivity index (χ2v) is 6.64. The maximum atomic E-state index is 5.95. The first-order valence-electron chi connectivity index (χ1n) is 5.04. The van der Waals surface area contributed by atoms with Gasteiger partial charge in [0.1, 0.15) is 0 Å². The summed E-state index contributed by atoms with van der Waals surface area (Å²) in [7, 11) is 0. The van der Waals surface area contributed by atoms with Gasteiger partial charge in [-0.25, -0.2) is 0 Å². The Hall–Kier alpha value is -0.0600. The molecule has 0 fully saturated rings. The van der Waals surface area contributed by atoms with Gasteiger partial charge in [0.2, 0.25) is 0 Å². The lowest BCUT2D eigenvalue weighted by Gasteiger charge is -2.06. The van der Waals surface area contributed by atoms with E-state index in [9.17, 15) is 0 Å². The molecule has 0 saturated heterocycles. The van der Waals surface area contributed by atoms with Crippen LogP contribution in [0.5, 0.6) is 0 Å². The highest BCUT2D eigenvalue weighted by Gasteiger charge is 2.02. The van der Waals surface area contributed by atoms with Gasteiger partial charge >= 0.3 is 0 Å².